The summed E-state index contributed by atoms with van der Waals surface area (Å²) >= 11 is 0. The zero-order valence-electron chi connectivity index (χ0n) is 24.5. The van der Waals surface area contributed by atoms with Crippen LogP contribution in [0.15, 0.2) is 11.6 Å². The highest BCUT2D eigenvalue weighted by Gasteiger charge is 2.70. The number of amides is 3. The molecule has 3 amide bonds. The van der Waals surface area contributed by atoms with Crippen LogP contribution in [0.1, 0.15) is 106 Å². The van der Waals surface area contributed by atoms with Crippen LogP contribution in [0.3, 0.4) is 0 Å². The van der Waals surface area contributed by atoms with Crippen molar-refractivity contribution in [2.75, 3.05) is 0 Å². The van der Waals surface area contributed by atoms with E-state index < -0.39 is 12.1 Å². The van der Waals surface area contributed by atoms with Crippen molar-refractivity contribution in [3.63, 3.8) is 0 Å². The number of hydrogen-bond donors (Lipinski definition) is 3. The molecule has 4 saturated carbocycles. The Bertz CT molecular complexity index is 1100. The Morgan fingerprint density at radius 3 is 2.21 bits per heavy atom. The van der Waals surface area contributed by atoms with Gasteiger partial charge in [-0.3, -0.25) is 4.79 Å². The van der Waals surface area contributed by atoms with Crippen molar-refractivity contribution in [1.82, 2.24) is 5.32 Å². The minimum atomic E-state index is -0.711. The van der Waals surface area contributed by atoms with Gasteiger partial charge in [0.2, 0.25) is 0 Å². The van der Waals surface area contributed by atoms with Gasteiger partial charge in [0, 0.05) is 16.9 Å². The highest BCUT2D eigenvalue weighted by Crippen LogP contribution is 2.74. The van der Waals surface area contributed by atoms with E-state index in [1.165, 1.54) is 5.57 Å². The third-order valence-corrected chi connectivity index (χ3v) is 13.2. The molecule has 0 spiro atoms. The number of carbonyl (C=O) groups excluding carboxylic acids is 3. The Balaban J connectivity index is 1.56. The fourth-order valence-corrected chi connectivity index (χ4v) is 10.9. The maximum absolute atomic E-state index is 14.4. The Morgan fingerprint density at radius 2 is 1.58 bits per heavy atom. The quantitative estimate of drug-likeness (QED) is 0.416. The van der Waals surface area contributed by atoms with E-state index >= 15 is 0 Å². The van der Waals surface area contributed by atoms with Gasteiger partial charge >= 0.3 is 12.1 Å². The van der Waals surface area contributed by atoms with Gasteiger partial charge in [0.1, 0.15) is 6.10 Å². The number of urea groups is 1. The van der Waals surface area contributed by atoms with Crippen LogP contribution in [0, 0.1) is 44.8 Å². The zero-order valence-corrected chi connectivity index (χ0v) is 24.5. The summed E-state index contributed by atoms with van der Waals surface area (Å²) in [5.74, 6) is 0.714. The van der Waals surface area contributed by atoms with Crippen LogP contribution < -0.4 is 16.8 Å². The summed E-state index contributed by atoms with van der Waals surface area (Å²) in [4.78, 5) is 37.9. The van der Waals surface area contributed by atoms with Crippen LogP contribution >= 0.6 is 0 Å². The lowest BCUT2D eigenvalue weighted by atomic mass is 9.33. The van der Waals surface area contributed by atoms with Gasteiger partial charge in [-0.2, -0.15) is 0 Å². The Morgan fingerprint density at radius 1 is 0.921 bits per heavy atom. The van der Waals surface area contributed by atoms with Gasteiger partial charge in [-0.25, -0.2) is 9.59 Å². The molecule has 38 heavy (non-hydrogen) atoms. The molecule has 0 aromatic heterocycles. The van der Waals surface area contributed by atoms with Gasteiger partial charge < -0.3 is 21.5 Å². The molecule has 9 atom stereocenters. The molecule has 0 bridgehead atoms. The molecule has 5 N–H and O–H groups in total. The van der Waals surface area contributed by atoms with E-state index in [0.29, 0.717) is 0 Å². The smallest absolute Gasteiger partial charge is 0.404 e. The van der Waals surface area contributed by atoms with Crippen molar-refractivity contribution in [3.05, 3.63) is 11.6 Å². The van der Waals surface area contributed by atoms with E-state index in [1.807, 2.05) is 0 Å². The van der Waals surface area contributed by atoms with Gasteiger partial charge in [0.05, 0.1) is 0 Å². The topological polar surface area (TPSA) is 125 Å². The Hall–Kier alpha value is -2.05. The lowest BCUT2D eigenvalue weighted by Gasteiger charge is -2.70. The molecule has 0 radical (unpaired) electrons. The van der Waals surface area contributed by atoms with E-state index in [-0.39, 0.29) is 62.3 Å². The molecule has 212 valence electrons. The van der Waals surface area contributed by atoms with Crippen molar-refractivity contribution in [3.8, 4) is 0 Å². The summed E-state index contributed by atoms with van der Waals surface area (Å²) in [7, 11) is 0. The summed E-state index contributed by atoms with van der Waals surface area (Å²) < 4.78 is 5.61. The maximum Gasteiger partial charge on any atom is 0.404 e. The molecule has 5 aliphatic rings. The first-order valence-electron chi connectivity index (χ1n) is 14.7. The van der Waals surface area contributed by atoms with E-state index in [1.54, 1.807) is 0 Å². The number of primary amides is 2. The average Bonchev–Trinajstić information content (AvgIpc) is 2.77. The van der Waals surface area contributed by atoms with E-state index in [4.69, 9.17) is 16.2 Å². The molecule has 0 aliphatic heterocycles. The second-order valence-corrected chi connectivity index (χ2v) is 15.5. The first kappa shape index (κ1) is 27.5. The average molecular weight is 528 g/mol. The monoisotopic (exact) mass is 527 g/mol. The number of carbonyl (C=O) groups is 3. The SMILES string of the molecule is CC1(C)[C@@H](OC(N)=O)CC[C@]2(C)[C@H]3C(=O)C=C4[C@@H]5C[C@@](C)(NC(N)=O)CC[C@]5(C)CC[C@@]4(C)[C@]3(C)CC[C@@H]12. The normalized spacial score (nSPS) is 49.3. The number of ketones is 1. The van der Waals surface area contributed by atoms with Crippen LogP contribution in [0.5, 0.6) is 0 Å². The third kappa shape index (κ3) is 3.62. The molecule has 7 heteroatoms. The number of nitrogens with two attached hydrogens (primary N) is 2. The number of allylic oxidation sites excluding steroid dienone is 2. The maximum atomic E-state index is 14.4. The number of ether oxygens (including phenoxy) is 1. The largest absolute Gasteiger partial charge is 0.446 e. The molecular weight excluding hydrogens is 478 g/mol. The Labute approximate surface area is 228 Å². The van der Waals surface area contributed by atoms with Crippen LogP contribution in [0.4, 0.5) is 9.59 Å². The fourth-order valence-electron chi connectivity index (χ4n) is 10.9. The van der Waals surface area contributed by atoms with Crippen molar-refractivity contribution >= 4 is 17.9 Å². The fraction of sp³-hybridized carbons (Fsp3) is 0.839. The summed E-state index contributed by atoms with van der Waals surface area (Å²) in [6.07, 6.45) is 9.65. The summed E-state index contributed by atoms with van der Waals surface area (Å²) in [5.41, 5.74) is 11.4. The molecule has 7 nitrogen and oxygen atoms in total. The molecule has 0 aromatic rings. The molecule has 0 unspecified atom stereocenters. The second-order valence-electron chi connectivity index (χ2n) is 15.5. The number of nitrogens with one attached hydrogen (secondary N) is 1. The molecule has 4 fully saturated rings. The van der Waals surface area contributed by atoms with Gasteiger partial charge in [-0.05, 0) is 104 Å². The number of rotatable bonds is 2. The summed E-state index contributed by atoms with van der Waals surface area (Å²) in [5, 5.41) is 3.05. The van der Waals surface area contributed by atoms with E-state index in [2.05, 4.69) is 59.9 Å². The van der Waals surface area contributed by atoms with Gasteiger partial charge in [0.25, 0.3) is 0 Å². The summed E-state index contributed by atoms with van der Waals surface area (Å²) in [6, 6.07) is -0.472. The molecule has 5 rings (SSSR count). The number of fused-ring (bicyclic) bond motifs is 7. The van der Waals surface area contributed by atoms with Crippen LogP contribution in [0.2, 0.25) is 0 Å². The van der Waals surface area contributed by atoms with E-state index in [9.17, 15) is 14.4 Å². The van der Waals surface area contributed by atoms with Crippen molar-refractivity contribution in [2.24, 2.45) is 56.3 Å². The first-order valence-corrected chi connectivity index (χ1v) is 14.7. The van der Waals surface area contributed by atoms with Crippen LogP contribution in [-0.2, 0) is 9.53 Å². The number of hydrogen-bond acceptors (Lipinski definition) is 4. The molecule has 0 saturated heterocycles. The van der Waals surface area contributed by atoms with Crippen molar-refractivity contribution in [1.29, 1.82) is 0 Å². The minimum Gasteiger partial charge on any atom is -0.446 e. The van der Waals surface area contributed by atoms with Crippen LogP contribution in [-0.4, -0.2) is 29.6 Å². The van der Waals surface area contributed by atoms with Gasteiger partial charge in [0.15, 0.2) is 5.78 Å². The predicted molar refractivity (Wildman–Crippen MR) is 147 cm³/mol. The molecular formula is C31H49N3O4. The highest BCUT2D eigenvalue weighted by atomic mass is 16.6. The minimum absolute atomic E-state index is 0.0700. The lowest BCUT2D eigenvalue weighted by Crippen LogP contribution is -2.67. The van der Waals surface area contributed by atoms with Crippen molar-refractivity contribution in [2.45, 2.75) is 118 Å². The van der Waals surface area contributed by atoms with Gasteiger partial charge in [-0.1, -0.05) is 47.1 Å². The van der Waals surface area contributed by atoms with Crippen molar-refractivity contribution < 1.29 is 19.1 Å². The first-order chi connectivity index (χ1) is 17.4. The standard InChI is InChI=1S/C31H49N3O4/c1-26(2)21-8-11-31(7)23(29(21,5)10-9-22(26)38-25(33)37)20(35)16-18-19-17-28(4,34-24(32)36)14-12-27(19,3)13-15-30(18,31)6/h16,19,21-23H,8-15,17H2,1-7H3,(H2,33,37)(H3,32,34,36)/t19-,21-,22-,23+,27+,28-,29-,30+,31+/m0/s1. The molecule has 5 aliphatic carbocycles. The molecule has 0 aromatic carbocycles. The van der Waals surface area contributed by atoms with E-state index in [0.717, 1.165) is 57.8 Å². The zero-order chi connectivity index (χ0) is 28.1. The van der Waals surface area contributed by atoms with Gasteiger partial charge in [-0.15, -0.1) is 0 Å². The highest BCUT2D eigenvalue weighted by molar-refractivity contribution is 5.95. The third-order valence-electron chi connectivity index (χ3n) is 13.2. The molecule has 0 heterocycles. The lowest BCUT2D eigenvalue weighted by molar-refractivity contribution is -0.201. The Kier molecular flexibility index (Phi) is 5.96. The summed E-state index contributed by atoms with van der Waals surface area (Å²) in [6.45, 7) is 16.1. The van der Waals surface area contributed by atoms with Crippen LogP contribution in [0.25, 0.3) is 0 Å². The second kappa shape index (κ2) is 8.23. The predicted octanol–water partition coefficient (Wildman–Crippen LogP) is 5.85.